The Hall–Kier alpha value is -2.68. The molecule has 1 aliphatic rings. The van der Waals surface area contributed by atoms with Crippen LogP contribution in [0.3, 0.4) is 0 Å². The molecule has 194 valence electrons. The van der Waals surface area contributed by atoms with E-state index in [4.69, 9.17) is 0 Å². The summed E-state index contributed by atoms with van der Waals surface area (Å²) in [5.41, 5.74) is 2.74. The zero-order chi connectivity index (χ0) is 26.4. The van der Waals surface area contributed by atoms with Gasteiger partial charge in [-0.1, -0.05) is 54.6 Å². The van der Waals surface area contributed by atoms with Gasteiger partial charge in [0.05, 0.1) is 0 Å². The predicted octanol–water partition coefficient (Wildman–Crippen LogP) is 3.13. The minimum Gasteiger partial charge on any atom is -0.437 e. The zero-order valence-electron chi connectivity index (χ0n) is 22.5. The van der Waals surface area contributed by atoms with Crippen molar-refractivity contribution in [3.63, 3.8) is 0 Å². The SMILES string of the molecule is CB(O)N(C)C(C(=O)N1CCc2ccccc2C1C(=O)NCCN(C(C)C)C(C)C)c1ccccc1. The molecular formula is C28H41BN4O3. The fourth-order valence-electron chi connectivity index (χ4n) is 5.16. The molecule has 2 aromatic rings. The van der Waals surface area contributed by atoms with Crippen molar-refractivity contribution >= 4 is 18.9 Å². The first kappa shape index (κ1) is 27.9. The monoisotopic (exact) mass is 492 g/mol. The smallest absolute Gasteiger partial charge is 0.377 e. The largest absolute Gasteiger partial charge is 0.437 e. The second-order valence-electron chi connectivity index (χ2n) is 10.2. The standard InChI is InChI=1S/C28H41BN4O3/c1-20(2)32(21(3)4)19-17-30-27(34)26-24-15-11-10-12-22(24)16-18-33(26)28(35)25(31(6)29(5)36)23-13-8-7-9-14-23/h7-15,20-21,25-26,36H,16-19H2,1-6H3,(H,30,34). The van der Waals surface area contributed by atoms with Gasteiger partial charge in [0.25, 0.3) is 0 Å². The lowest BCUT2D eigenvalue weighted by atomic mass is 9.81. The maximum Gasteiger partial charge on any atom is 0.377 e. The van der Waals surface area contributed by atoms with Gasteiger partial charge in [-0.25, -0.2) is 0 Å². The van der Waals surface area contributed by atoms with Crippen LogP contribution in [-0.4, -0.2) is 77.3 Å². The summed E-state index contributed by atoms with van der Waals surface area (Å²) in [5.74, 6) is -0.361. The van der Waals surface area contributed by atoms with Crippen molar-refractivity contribution < 1.29 is 14.6 Å². The number of amides is 2. The number of carbonyl (C=O) groups excluding carboxylic acids is 2. The molecule has 3 rings (SSSR count). The van der Waals surface area contributed by atoms with Crippen LogP contribution >= 0.6 is 0 Å². The first-order valence-corrected chi connectivity index (χ1v) is 13.0. The highest BCUT2D eigenvalue weighted by Gasteiger charge is 2.41. The van der Waals surface area contributed by atoms with E-state index in [0.29, 0.717) is 31.6 Å². The molecule has 8 heteroatoms. The molecule has 2 N–H and O–H groups in total. The highest BCUT2D eigenvalue weighted by Crippen LogP contribution is 2.34. The number of benzene rings is 2. The summed E-state index contributed by atoms with van der Waals surface area (Å²) in [7, 11) is 0.904. The summed E-state index contributed by atoms with van der Waals surface area (Å²) < 4.78 is 0. The van der Waals surface area contributed by atoms with E-state index >= 15 is 0 Å². The molecule has 0 aromatic heterocycles. The molecule has 0 spiro atoms. The summed E-state index contributed by atoms with van der Waals surface area (Å²) in [6.45, 7) is 11.9. The van der Waals surface area contributed by atoms with E-state index in [1.165, 1.54) is 0 Å². The van der Waals surface area contributed by atoms with Gasteiger partial charge in [0.2, 0.25) is 11.8 Å². The Labute approximate surface area is 216 Å². The van der Waals surface area contributed by atoms with Crippen LogP contribution in [0.4, 0.5) is 0 Å². The van der Waals surface area contributed by atoms with Crippen LogP contribution in [0.5, 0.6) is 0 Å². The Kier molecular flexibility index (Phi) is 9.71. The molecule has 2 aromatic carbocycles. The van der Waals surface area contributed by atoms with E-state index in [1.807, 2.05) is 54.6 Å². The number of fused-ring (bicyclic) bond motifs is 1. The fourth-order valence-corrected chi connectivity index (χ4v) is 5.16. The Bertz CT molecular complexity index is 1010. The van der Waals surface area contributed by atoms with Gasteiger partial charge in [0.15, 0.2) is 0 Å². The van der Waals surface area contributed by atoms with E-state index < -0.39 is 19.1 Å². The first-order chi connectivity index (χ1) is 17.1. The van der Waals surface area contributed by atoms with Gasteiger partial charge in [-0.3, -0.25) is 14.5 Å². The fraction of sp³-hybridized carbons (Fsp3) is 0.500. The predicted molar refractivity (Wildman–Crippen MR) is 145 cm³/mol. The molecule has 7 nitrogen and oxygen atoms in total. The number of hydrogen-bond donors (Lipinski definition) is 2. The average molecular weight is 492 g/mol. The van der Waals surface area contributed by atoms with E-state index in [9.17, 15) is 14.6 Å². The topological polar surface area (TPSA) is 76.1 Å². The van der Waals surface area contributed by atoms with E-state index in [-0.39, 0.29) is 11.8 Å². The molecule has 0 fully saturated rings. The molecule has 0 aliphatic carbocycles. The maximum atomic E-state index is 14.1. The lowest BCUT2D eigenvalue weighted by molar-refractivity contribution is -0.144. The van der Waals surface area contributed by atoms with Gasteiger partial charge in [-0.05, 0) is 64.7 Å². The molecule has 0 saturated heterocycles. The average Bonchev–Trinajstić information content (AvgIpc) is 2.85. The van der Waals surface area contributed by atoms with Gasteiger partial charge in [-0.15, -0.1) is 0 Å². The summed E-state index contributed by atoms with van der Waals surface area (Å²) in [4.78, 5) is 33.5. The van der Waals surface area contributed by atoms with Gasteiger partial charge in [0, 0.05) is 31.7 Å². The highest BCUT2D eigenvalue weighted by molar-refractivity contribution is 6.45. The zero-order valence-corrected chi connectivity index (χ0v) is 22.5. The second kappa shape index (κ2) is 12.5. The Balaban J connectivity index is 1.90. The van der Waals surface area contributed by atoms with Crippen molar-refractivity contribution in [1.82, 2.24) is 19.9 Å². The van der Waals surface area contributed by atoms with Gasteiger partial charge < -0.3 is 20.1 Å². The van der Waals surface area contributed by atoms with Crippen LogP contribution in [0.15, 0.2) is 54.6 Å². The Morgan fingerprint density at radius 1 is 1.06 bits per heavy atom. The first-order valence-electron chi connectivity index (χ1n) is 13.0. The van der Waals surface area contributed by atoms with E-state index in [2.05, 4.69) is 37.9 Å². The molecule has 2 atom stereocenters. The number of carbonyl (C=O) groups is 2. The van der Waals surface area contributed by atoms with Gasteiger partial charge in [0.1, 0.15) is 12.1 Å². The van der Waals surface area contributed by atoms with E-state index in [1.54, 1.807) is 23.6 Å². The molecule has 36 heavy (non-hydrogen) atoms. The van der Waals surface area contributed by atoms with Crippen molar-refractivity contribution in [2.24, 2.45) is 0 Å². The highest BCUT2D eigenvalue weighted by atomic mass is 16.2. The number of likely N-dealkylation sites (N-methyl/N-ethyl adjacent to an activating group) is 1. The van der Waals surface area contributed by atoms with Crippen molar-refractivity contribution in [3.8, 4) is 0 Å². The van der Waals surface area contributed by atoms with Crippen LogP contribution in [0, 0.1) is 0 Å². The molecule has 0 saturated carbocycles. The molecule has 0 radical (unpaired) electrons. The quantitative estimate of drug-likeness (QED) is 0.499. The molecule has 2 unspecified atom stereocenters. The minimum absolute atomic E-state index is 0.172. The van der Waals surface area contributed by atoms with Crippen LogP contribution in [0.2, 0.25) is 6.82 Å². The number of hydrogen-bond acceptors (Lipinski definition) is 5. The molecule has 0 bridgehead atoms. The third-order valence-corrected chi connectivity index (χ3v) is 7.16. The number of nitrogens with zero attached hydrogens (tertiary/aromatic N) is 3. The normalized spacial score (nSPS) is 16.4. The third kappa shape index (κ3) is 6.36. The third-order valence-electron chi connectivity index (χ3n) is 7.16. The Morgan fingerprint density at radius 3 is 2.28 bits per heavy atom. The summed E-state index contributed by atoms with van der Waals surface area (Å²) in [5, 5.41) is 13.5. The summed E-state index contributed by atoms with van der Waals surface area (Å²) >= 11 is 0. The minimum atomic E-state index is -0.832. The van der Waals surface area contributed by atoms with Crippen molar-refractivity contribution in [2.75, 3.05) is 26.7 Å². The van der Waals surface area contributed by atoms with Gasteiger partial charge >= 0.3 is 7.05 Å². The lowest BCUT2D eigenvalue weighted by Crippen LogP contribution is -2.53. The molecular weight excluding hydrogens is 451 g/mol. The van der Waals surface area contributed by atoms with Crippen LogP contribution in [0.25, 0.3) is 0 Å². The van der Waals surface area contributed by atoms with Crippen LogP contribution < -0.4 is 5.32 Å². The van der Waals surface area contributed by atoms with Crippen LogP contribution in [0.1, 0.15) is 56.5 Å². The van der Waals surface area contributed by atoms with Crippen molar-refractivity contribution in [1.29, 1.82) is 0 Å². The molecule has 1 aliphatic heterocycles. The van der Waals surface area contributed by atoms with Gasteiger partial charge in [-0.2, -0.15) is 0 Å². The van der Waals surface area contributed by atoms with Crippen molar-refractivity contribution in [2.45, 2.75) is 65.1 Å². The summed E-state index contributed by atoms with van der Waals surface area (Å²) in [6, 6.07) is 16.7. The molecule has 1 heterocycles. The summed E-state index contributed by atoms with van der Waals surface area (Å²) in [6.07, 6.45) is 0.681. The number of rotatable bonds is 10. The Morgan fingerprint density at radius 2 is 1.67 bits per heavy atom. The van der Waals surface area contributed by atoms with Crippen molar-refractivity contribution in [3.05, 3.63) is 71.3 Å². The number of nitrogens with one attached hydrogen (secondary N) is 1. The molecule has 2 amide bonds. The van der Waals surface area contributed by atoms with Crippen LogP contribution in [-0.2, 0) is 16.0 Å². The maximum absolute atomic E-state index is 14.1. The second-order valence-corrected chi connectivity index (χ2v) is 10.2. The lowest BCUT2D eigenvalue weighted by Gasteiger charge is -2.40. The van der Waals surface area contributed by atoms with E-state index in [0.717, 1.165) is 23.2 Å².